The van der Waals surface area contributed by atoms with E-state index in [1.807, 2.05) is 6.92 Å². The third kappa shape index (κ3) is 4.14. The van der Waals surface area contributed by atoms with Gasteiger partial charge in [-0.25, -0.2) is 4.79 Å². The summed E-state index contributed by atoms with van der Waals surface area (Å²) in [6.45, 7) is 3.74. The highest BCUT2D eigenvalue weighted by Gasteiger charge is 2.20. The zero-order chi connectivity index (χ0) is 13.5. The van der Waals surface area contributed by atoms with Gasteiger partial charge in [-0.2, -0.15) is 0 Å². The summed E-state index contributed by atoms with van der Waals surface area (Å²) in [5, 5.41) is 8.68. The van der Waals surface area contributed by atoms with Gasteiger partial charge in [0.05, 0.1) is 0 Å². The van der Waals surface area contributed by atoms with Gasteiger partial charge >= 0.3 is 5.97 Å². The highest BCUT2D eigenvalue weighted by atomic mass is 16.5. The average molecular weight is 255 g/mol. The molecule has 1 atom stereocenters. The fraction of sp³-hybridized carbons (Fsp3) is 0.692. The Morgan fingerprint density at radius 1 is 1.50 bits per heavy atom. The van der Waals surface area contributed by atoms with Crippen LogP contribution in [0.4, 0.5) is 0 Å². The molecule has 0 aliphatic heterocycles. The van der Waals surface area contributed by atoms with Crippen molar-refractivity contribution in [1.82, 2.24) is 4.90 Å². The van der Waals surface area contributed by atoms with Crippen molar-refractivity contribution in [3.63, 3.8) is 0 Å². The lowest BCUT2D eigenvalue weighted by atomic mass is 10.0. The lowest BCUT2D eigenvalue weighted by Gasteiger charge is -2.26. The van der Waals surface area contributed by atoms with Gasteiger partial charge in [-0.3, -0.25) is 4.79 Å². The van der Waals surface area contributed by atoms with Crippen LogP contribution in [-0.4, -0.2) is 41.1 Å². The maximum Gasteiger partial charge on any atom is 0.332 e. The van der Waals surface area contributed by atoms with E-state index < -0.39 is 12.1 Å². The largest absolute Gasteiger partial charge is 0.479 e. The first-order chi connectivity index (χ1) is 8.56. The van der Waals surface area contributed by atoms with Gasteiger partial charge in [0.25, 0.3) is 5.91 Å². The summed E-state index contributed by atoms with van der Waals surface area (Å²) in [4.78, 5) is 24.2. The molecule has 0 radical (unpaired) electrons. The van der Waals surface area contributed by atoms with Gasteiger partial charge in [0, 0.05) is 12.2 Å². The van der Waals surface area contributed by atoms with E-state index in [0.717, 1.165) is 25.0 Å². The molecular formula is C13H21NO4. The summed E-state index contributed by atoms with van der Waals surface area (Å²) >= 11 is 0. The summed E-state index contributed by atoms with van der Waals surface area (Å²) in [6, 6.07) is 0. The number of hydrogen-bond donors (Lipinski definition) is 1. The van der Waals surface area contributed by atoms with Gasteiger partial charge in [-0.15, -0.1) is 0 Å². The Kier molecular flexibility index (Phi) is 5.85. The first-order valence-corrected chi connectivity index (χ1v) is 6.40. The Balaban J connectivity index is 2.52. The van der Waals surface area contributed by atoms with E-state index >= 15 is 0 Å². The number of hydrogen-bond acceptors (Lipinski definition) is 3. The van der Waals surface area contributed by atoms with Crippen molar-refractivity contribution >= 4 is 11.9 Å². The fourth-order valence-corrected chi connectivity index (χ4v) is 1.95. The number of carboxylic acid groups (broad SMARTS) is 1. The van der Waals surface area contributed by atoms with Crippen LogP contribution in [0.2, 0.25) is 0 Å². The first-order valence-electron chi connectivity index (χ1n) is 6.40. The Hall–Kier alpha value is -1.36. The predicted octanol–water partition coefficient (Wildman–Crippen LogP) is 1.78. The van der Waals surface area contributed by atoms with Crippen LogP contribution in [0.3, 0.4) is 0 Å². The number of carboxylic acids is 1. The van der Waals surface area contributed by atoms with Gasteiger partial charge < -0.3 is 14.7 Å². The minimum absolute atomic E-state index is 0.168. The lowest BCUT2D eigenvalue weighted by molar-refractivity contribution is -0.152. The van der Waals surface area contributed by atoms with E-state index in [1.165, 1.54) is 13.3 Å². The molecule has 102 valence electrons. The number of nitrogens with zero attached hydrogens (tertiary/aromatic N) is 1. The molecule has 1 aliphatic rings. The predicted molar refractivity (Wildman–Crippen MR) is 67.0 cm³/mol. The van der Waals surface area contributed by atoms with Crippen LogP contribution < -0.4 is 0 Å². The van der Waals surface area contributed by atoms with E-state index in [-0.39, 0.29) is 12.5 Å². The summed E-state index contributed by atoms with van der Waals surface area (Å²) < 4.78 is 5.02. The SMILES string of the molecule is CCN(C(=O)COC(C)C(=O)O)C1=CCCCC1. The molecule has 1 amide bonds. The van der Waals surface area contributed by atoms with Gasteiger partial charge in [0.1, 0.15) is 6.61 Å². The van der Waals surface area contributed by atoms with Gasteiger partial charge in [-0.1, -0.05) is 6.08 Å². The van der Waals surface area contributed by atoms with Crippen LogP contribution >= 0.6 is 0 Å². The third-order valence-corrected chi connectivity index (χ3v) is 3.04. The van der Waals surface area contributed by atoms with Crippen molar-refractivity contribution in [2.75, 3.05) is 13.2 Å². The van der Waals surface area contributed by atoms with Crippen LogP contribution in [0.5, 0.6) is 0 Å². The first kappa shape index (κ1) is 14.7. The number of aliphatic carboxylic acids is 1. The zero-order valence-electron chi connectivity index (χ0n) is 11.0. The fourth-order valence-electron chi connectivity index (χ4n) is 1.95. The molecule has 0 aromatic rings. The van der Waals surface area contributed by atoms with Crippen molar-refractivity contribution in [2.45, 2.75) is 45.6 Å². The molecule has 1 unspecified atom stereocenters. The molecule has 0 aromatic carbocycles. The van der Waals surface area contributed by atoms with E-state index in [9.17, 15) is 9.59 Å². The Morgan fingerprint density at radius 2 is 2.22 bits per heavy atom. The summed E-state index contributed by atoms with van der Waals surface area (Å²) in [5.41, 5.74) is 1.04. The smallest absolute Gasteiger partial charge is 0.332 e. The molecule has 1 rings (SSSR count). The normalized spacial score (nSPS) is 16.9. The van der Waals surface area contributed by atoms with Gasteiger partial charge in [-0.05, 0) is 39.5 Å². The standard InChI is InChI=1S/C13H21NO4/c1-3-14(11-7-5-4-6-8-11)12(15)9-18-10(2)13(16)17/h7,10H,3-6,8-9H2,1-2H3,(H,16,17). The van der Waals surface area contributed by atoms with Gasteiger partial charge in [0.15, 0.2) is 6.10 Å². The van der Waals surface area contributed by atoms with E-state index in [4.69, 9.17) is 9.84 Å². The minimum Gasteiger partial charge on any atom is -0.479 e. The Morgan fingerprint density at radius 3 is 2.72 bits per heavy atom. The molecule has 18 heavy (non-hydrogen) atoms. The van der Waals surface area contributed by atoms with E-state index in [2.05, 4.69) is 6.08 Å². The van der Waals surface area contributed by atoms with Crippen molar-refractivity contribution < 1.29 is 19.4 Å². The second kappa shape index (κ2) is 7.16. The number of allylic oxidation sites excluding steroid dienone is 2. The van der Waals surface area contributed by atoms with Crippen LogP contribution in [0.25, 0.3) is 0 Å². The summed E-state index contributed by atoms with van der Waals surface area (Å²) in [7, 11) is 0. The topological polar surface area (TPSA) is 66.8 Å². The summed E-state index contributed by atoms with van der Waals surface area (Å²) in [6.07, 6.45) is 5.32. The molecule has 0 heterocycles. The molecule has 0 aromatic heterocycles. The number of amides is 1. The minimum atomic E-state index is -1.05. The van der Waals surface area contributed by atoms with Crippen molar-refractivity contribution in [2.24, 2.45) is 0 Å². The quantitative estimate of drug-likeness (QED) is 0.785. The molecular weight excluding hydrogens is 234 g/mol. The van der Waals surface area contributed by atoms with Crippen LogP contribution in [0.15, 0.2) is 11.8 Å². The molecule has 5 heteroatoms. The van der Waals surface area contributed by atoms with Crippen molar-refractivity contribution in [3.05, 3.63) is 11.8 Å². The number of carbonyl (C=O) groups is 2. The molecule has 0 fully saturated rings. The molecule has 1 aliphatic carbocycles. The monoisotopic (exact) mass is 255 g/mol. The average Bonchev–Trinajstić information content (AvgIpc) is 2.38. The second-order valence-corrected chi connectivity index (χ2v) is 4.37. The Labute approximate surface area is 107 Å². The molecule has 0 spiro atoms. The van der Waals surface area contributed by atoms with E-state index in [1.54, 1.807) is 4.90 Å². The molecule has 0 bridgehead atoms. The maximum atomic E-state index is 12.0. The summed E-state index contributed by atoms with van der Waals surface area (Å²) in [5.74, 6) is -1.22. The van der Waals surface area contributed by atoms with Gasteiger partial charge in [0.2, 0.25) is 0 Å². The number of rotatable bonds is 6. The lowest BCUT2D eigenvalue weighted by Crippen LogP contribution is -2.35. The number of ether oxygens (including phenoxy) is 1. The molecule has 0 saturated heterocycles. The number of likely N-dealkylation sites (N-methyl/N-ethyl adjacent to an activating group) is 1. The Bertz CT molecular complexity index is 338. The van der Waals surface area contributed by atoms with Crippen LogP contribution in [-0.2, 0) is 14.3 Å². The van der Waals surface area contributed by atoms with Crippen molar-refractivity contribution in [3.8, 4) is 0 Å². The van der Waals surface area contributed by atoms with Crippen molar-refractivity contribution in [1.29, 1.82) is 0 Å². The number of carbonyl (C=O) groups excluding carboxylic acids is 1. The van der Waals surface area contributed by atoms with Crippen LogP contribution in [0.1, 0.15) is 39.5 Å². The maximum absolute atomic E-state index is 12.0. The highest BCUT2D eigenvalue weighted by molar-refractivity contribution is 5.80. The molecule has 5 nitrogen and oxygen atoms in total. The molecule has 0 saturated carbocycles. The van der Waals surface area contributed by atoms with Crippen LogP contribution in [0, 0.1) is 0 Å². The van der Waals surface area contributed by atoms with E-state index in [0.29, 0.717) is 6.54 Å². The third-order valence-electron chi connectivity index (χ3n) is 3.04. The molecule has 1 N–H and O–H groups in total. The zero-order valence-corrected chi connectivity index (χ0v) is 11.0. The highest BCUT2D eigenvalue weighted by Crippen LogP contribution is 2.20. The second-order valence-electron chi connectivity index (χ2n) is 4.37.